The van der Waals surface area contributed by atoms with Crippen LogP contribution in [0.2, 0.25) is 5.02 Å². The number of rotatable bonds is 7. The zero-order chi connectivity index (χ0) is 21.7. The second kappa shape index (κ2) is 9.69. The maximum Gasteiger partial charge on any atom is 0.308 e. The number of halogens is 1. The largest absolute Gasteiger partial charge is 0.493 e. The molecule has 1 aliphatic rings. The van der Waals surface area contributed by atoms with Crippen LogP contribution in [0.4, 0.5) is 4.79 Å². The van der Waals surface area contributed by atoms with Crippen LogP contribution >= 0.6 is 23.4 Å². The molecule has 7 nitrogen and oxygen atoms in total. The second-order valence-corrected chi connectivity index (χ2v) is 7.52. The molecule has 156 valence electrons. The van der Waals surface area contributed by atoms with Crippen molar-refractivity contribution in [1.29, 1.82) is 0 Å². The highest BCUT2D eigenvalue weighted by molar-refractivity contribution is 8.18. The fraction of sp³-hybridized carbons (Fsp3) is 0.190. The lowest BCUT2D eigenvalue weighted by Crippen LogP contribution is -2.32. The summed E-state index contributed by atoms with van der Waals surface area (Å²) in [5.74, 6) is 0.219. The van der Waals surface area contributed by atoms with Gasteiger partial charge in [0.2, 0.25) is 0 Å². The van der Waals surface area contributed by atoms with Crippen LogP contribution < -0.4 is 14.2 Å². The number of methoxy groups -OCH3 is 1. The van der Waals surface area contributed by atoms with Crippen LogP contribution in [-0.2, 0) is 9.59 Å². The molecular formula is C21H18ClNO6S. The molecule has 3 rings (SSSR count). The van der Waals surface area contributed by atoms with Crippen LogP contribution in [0.25, 0.3) is 6.08 Å². The first-order chi connectivity index (χ1) is 14.4. The molecule has 0 spiro atoms. The predicted octanol–water partition coefficient (Wildman–Crippen LogP) is 4.39. The topological polar surface area (TPSA) is 82.1 Å². The molecule has 2 amide bonds. The number of amides is 2. The van der Waals surface area contributed by atoms with Crippen molar-refractivity contribution in [1.82, 2.24) is 4.90 Å². The Labute approximate surface area is 182 Å². The average molecular weight is 448 g/mol. The zero-order valence-electron chi connectivity index (χ0n) is 16.2. The highest BCUT2D eigenvalue weighted by Gasteiger charge is 2.34. The van der Waals surface area contributed by atoms with E-state index in [2.05, 4.69) is 0 Å². The molecule has 1 aliphatic heterocycles. The van der Waals surface area contributed by atoms with E-state index >= 15 is 0 Å². The standard InChI is InChI=1S/C21H18ClNO6S/c1-13(24)29-17-8-7-14(11-18(17)27-2)12-19-20(25)23(21(26)30-19)9-10-28-16-6-4-3-5-15(16)22/h3-8,11-12H,9-10H2,1-2H3/b19-12-. The Balaban J connectivity index is 1.68. The Kier molecular flexibility index (Phi) is 7.02. The summed E-state index contributed by atoms with van der Waals surface area (Å²) in [5.41, 5.74) is 0.626. The van der Waals surface area contributed by atoms with Gasteiger partial charge in [-0.05, 0) is 47.7 Å². The number of hydrogen-bond acceptors (Lipinski definition) is 7. The van der Waals surface area contributed by atoms with Crippen LogP contribution in [0.1, 0.15) is 12.5 Å². The van der Waals surface area contributed by atoms with Gasteiger partial charge in [0, 0.05) is 6.92 Å². The van der Waals surface area contributed by atoms with Gasteiger partial charge < -0.3 is 14.2 Å². The minimum absolute atomic E-state index is 0.0991. The number of nitrogens with zero attached hydrogens (tertiary/aromatic N) is 1. The number of carbonyl (C=O) groups is 3. The van der Waals surface area contributed by atoms with Crippen LogP contribution in [0.3, 0.4) is 0 Å². The van der Waals surface area contributed by atoms with Crippen molar-refractivity contribution in [2.24, 2.45) is 0 Å². The Morgan fingerprint density at radius 3 is 2.60 bits per heavy atom. The summed E-state index contributed by atoms with van der Waals surface area (Å²) in [6.07, 6.45) is 1.58. The van der Waals surface area contributed by atoms with E-state index in [4.69, 9.17) is 25.8 Å². The van der Waals surface area contributed by atoms with E-state index < -0.39 is 11.9 Å². The summed E-state index contributed by atoms with van der Waals surface area (Å²) in [6, 6.07) is 11.8. The summed E-state index contributed by atoms with van der Waals surface area (Å²) in [7, 11) is 1.44. The van der Waals surface area contributed by atoms with Crippen molar-refractivity contribution in [2.75, 3.05) is 20.3 Å². The van der Waals surface area contributed by atoms with E-state index in [1.165, 1.54) is 14.0 Å². The fourth-order valence-electron chi connectivity index (χ4n) is 2.67. The van der Waals surface area contributed by atoms with Gasteiger partial charge in [0.05, 0.1) is 23.6 Å². The number of ether oxygens (including phenoxy) is 3. The maximum atomic E-state index is 12.6. The Hall–Kier alpha value is -2.97. The first-order valence-electron chi connectivity index (χ1n) is 8.88. The third-order valence-electron chi connectivity index (χ3n) is 4.02. The zero-order valence-corrected chi connectivity index (χ0v) is 17.8. The van der Waals surface area contributed by atoms with E-state index in [9.17, 15) is 14.4 Å². The van der Waals surface area contributed by atoms with Gasteiger partial charge in [-0.1, -0.05) is 29.8 Å². The predicted molar refractivity (Wildman–Crippen MR) is 114 cm³/mol. The van der Waals surface area contributed by atoms with Crippen LogP contribution in [0, 0.1) is 0 Å². The smallest absolute Gasteiger partial charge is 0.308 e. The summed E-state index contributed by atoms with van der Waals surface area (Å²) < 4.78 is 15.8. The Morgan fingerprint density at radius 1 is 1.13 bits per heavy atom. The highest BCUT2D eigenvalue weighted by Crippen LogP contribution is 2.34. The van der Waals surface area contributed by atoms with Crippen LogP contribution in [0.5, 0.6) is 17.2 Å². The van der Waals surface area contributed by atoms with Crippen molar-refractivity contribution in [3.63, 3.8) is 0 Å². The van der Waals surface area contributed by atoms with Crippen molar-refractivity contribution < 1.29 is 28.6 Å². The van der Waals surface area contributed by atoms with E-state index in [0.717, 1.165) is 16.7 Å². The van der Waals surface area contributed by atoms with Crippen molar-refractivity contribution in [2.45, 2.75) is 6.92 Å². The molecule has 2 aromatic rings. The molecule has 0 aromatic heterocycles. The summed E-state index contributed by atoms with van der Waals surface area (Å²) in [4.78, 5) is 37.4. The number of esters is 1. The number of carbonyl (C=O) groups excluding carboxylic acids is 3. The maximum absolute atomic E-state index is 12.6. The van der Waals surface area contributed by atoms with Gasteiger partial charge >= 0.3 is 5.97 Å². The Bertz CT molecular complexity index is 1020. The molecule has 0 N–H and O–H groups in total. The molecule has 9 heteroatoms. The van der Waals surface area contributed by atoms with Gasteiger partial charge in [0.1, 0.15) is 12.4 Å². The van der Waals surface area contributed by atoms with Gasteiger partial charge in [0.25, 0.3) is 11.1 Å². The molecule has 0 unspecified atom stereocenters. The fourth-order valence-corrected chi connectivity index (χ4v) is 3.72. The lowest BCUT2D eigenvalue weighted by atomic mass is 10.2. The first kappa shape index (κ1) is 21.7. The van der Waals surface area contributed by atoms with Gasteiger partial charge in [-0.3, -0.25) is 19.3 Å². The minimum atomic E-state index is -0.471. The molecule has 30 heavy (non-hydrogen) atoms. The van der Waals surface area contributed by atoms with Crippen molar-refractivity contribution in [3.05, 3.63) is 58.0 Å². The molecule has 2 aromatic carbocycles. The number of para-hydroxylation sites is 1. The quantitative estimate of drug-likeness (QED) is 0.353. The normalized spacial score (nSPS) is 14.9. The lowest BCUT2D eigenvalue weighted by Gasteiger charge is -2.13. The molecule has 0 aliphatic carbocycles. The molecule has 1 saturated heterocycles. The first-order valence-corrected chi connectivity index (χ1v) is 10.1. The van der Waals surface area contributed by atoms with Crippen molar-refractivity contribution >= 4 is 46.6 Å². The van der Waals surface area contributed by atoms with E-state index in [-0.39, 0.29) is 29.0 Å². The molecular weight excluding hydrogens is 430 g/mol. The van der Waals surface area contributed by atoms with E-state index in [1.807, 2.05) is 0 Å². The monoisotopic (exact) mass is 447 g/mol. The second-order valence-electron chi connectivity index (χ2n) is 6.12. The molecule has 0 atom stereocenters. The highest BCUT2D eigenvalue weighted by atomic mass is 35.5. The summed E-state index contributed by atoms with van der Waals surface area (Å²) in [6.45, 7) is 1.51. The molecule has 0 saturated carbocycles. The van der Waals surface area contributed by atoms with Crippen molar-refractivity contribution in [3.8, 4) is 17.2 Å². The van der Waals surface area contributed by atoms with Gasteiger partial charge in [0.15, 0.2) is 11.5 Å². The molecule has 1 fully saturated rings. The molecule has 0 bridgehead atoms. The third kappa shape index (κ3) is 5.14. The minimum Gasteiger partial charge on any atom is -0.493 e. The summed E-state index contributed by atoms with van der Waals surface area (Å²) >= 11 is 6.88. The number of imide groups is 1. The number of thioether (sulfide) groups is 1. The van der Waals surface area contributed by atoms with Crippen LogP contribution in [-0.4, -0.2) is 42.3 Å². The van der Waals surface area contributed by atoms with Gasteiger partial charge in [-0.2, -0.15) is 0 Å². The molecule has 0 radical (unpaired) electrons. The number of benzene rings is 2. The van der Waals surface area contributed by atoms with E-state index in [0.29, 0.717) is 22.1 Å². The number of hydrogen-bond donors (Lipinski definition) is 0. The SMILES string of the molecule is COc1cc(/C=C2\SC(=O)N(CCOc3ccccc3Cl)C2=O)ccc1OC(C)=O. The lowest BCUT2D eigenvalue weighted by molar-refractivity contribution is -0.132. The van der Waals surface area contributed by atoms with E-state index in [1.54, 1.807) is 48.5 Å². The van der Waals surface area contributed by atoms with Gasteiger partial charge in [-0.25, -0.2) is 0 Å². The molecule has 1 heterocycles. The third-order valence-corrected chi connectivity index (χ3v) is 5.24. The van der Waals surface area contributed by atoms with Gasteiger partial charge in [-0.15, -0.1) is 0 Å². The average Bonchev–Trinajstić information content (AvgIpc) is 2.97. The van der Waals surface area contributed by atoms with Crippen LogP contribution in [0.15, 0.2) is 47.4 Å². The Morgan fingerprint density at radius 2 is 1.90 bits per heavy atom. The summed E-state index contributed by atoms with van der Waals surface area (Å²) in [5, 5.41) is 0.0789.